The highest BCUT2D eigenvalue weighted by Gasteiger charge is 2.57. The molecule has 21 heavy (non-hydrogen) atoms. The molecule has 2 heterocycles. The molecule has 1 aromatic carbocycles. The van der Waals surface area contributed by atoms with Crippen LogP contribution in [0.4, 0.5) is 0 Å². The normalized spacial score (nSPS) is 25.6. The first kappa shape index (κ1) is 14.7. The van der Waals surface area contributed by atoms with Gasteiger partial charge in [0.25, 0.3) is 5.91 Å². The molecule has 0 radical (unpaired) electrons. The maximum Gasteiger partial charge on any atom is 0.326 e. The molecule has 6 nitrogen and oxygen atoms in total. The quantitative estimate of drug-likeness (QED) is 0.748. The predicted octanol–water partition coefficient (Wildman–Crippen LogP) is 1.20. The molecular weight excluding hydrogens is 338 g/mol. The van der Waals surface area contributed by atoms with E-state index in [4.69, 9.17) is 11.6 Å². The number of halogens is 1. The molecule has 1 saturated heterocycles. The number of ether oxygens (including phenoxy) is 1. The van der Waals surface area contributed by atoms with E-state index in [0.29, 0.717) is 19.8 Å². The SMILES string of the molecule is COC(=O)CN1C(=O)C2Sc3cc(Cl)ccc3C2S1(=O)=O. The number of rotatable bonds is 2. The van der Waals surface area contributed by atoms with Crippen LogP contribution in [0, 0.1) is 0 Å². The Kier molecular flexibility index (Phi) is 3.42. The fraction of sp³-hybridized carbons (Fsp3) is 0.333. The topological polar surface area (TPSA) is 80.8 Å². The Hall–Kier alpha value is -1.25. The lowest BCUT2D eigenvalue weighted by molar-refractivity contribution is -0.143. The number of hydrogen-bond donors (Lipinski definition) is 0. The lowest BCUT2D eigenvalue weighted by Crippen LogP contribution is -2.36. The van der Waals surface area contributed by atoms with Gasteiger partial charge in [-0.05, 0) is 17.7 Å². The van der Waals surface area contributed by atoms with Crippen molar-refractivity contribution in [2.75, 3.05) is 13.7 Å². The summed E-state index contributed by atoms with van der Waals surface area (Å²) >= 11 is 7.05. The van der Waals surface area contributed by atoms with E-state index in [2.05, 4.69) is 4.74 Å². The number of sulfonamides is 1. The van der Waals surface area contributed by atoms with Gasteiger partial charge in [-0.25, -0.2) is 12.7 Å². The van der Waals surface area contributed by atoms with Crippen LogP contribution in [-0.4, -0.2) is 43.5 Å². The van der Waals surface area contributed by atoms with E-state index in [1.165, 1.54) is 0 Å². The van der Waals surface area contributed by atoms with Crippen LogP contribution in [0.25, 0.3) is 0 Å². The monoisotopic (exact) mass is 347 g/mol. The standard InChI is InChI=1S/C12H10ClNO5S2/c1-19-9(15)5-14-12(16)10-11(21(14,17)18)7-3-2-6(13)4-8(7)20-10/h2-4,10-11H,5H2,1H3. The molecular formula is C12H10ClNO5S2. The Morgan fingerprint density at radius 1 is 1.48 bits per heavy atom. The summed E-state index contributed by atoms with van der Waals surface area (Å²) in [5.74, 6) is -1.36. The van der Waals surface area contributed by atoms with Crippen molar-refractivity contribution in [3.05, 3.63) is 28.8 Å². The zero-order valence-corrected chi connectivity index (χ0v) is 13.2. The van der Waals surface area contributed by atoms with Gasteiger partial charge in [-0.1, -0.05) is 17.7 Å². The summed E-state index contributed by atoms with van der Waals surface area (Å²) in [5, 5.41) is -1.25. The summed E-state index contributed by atoms with van der Waals surface area (Å²) in [6.07, 6.45) is 0. The lowest BCUT2D eigenvalue weighted by Gasteiger charge is -2.16. The second-order valence-electron chi connectivity index (χ2n) is 4.61. The van der Waals surface area contributed by atoms with Crippen LogP contribution < -0.4 is 0 Å². The summed E-state index contributed by atoms with van der Waals surface area (Å²) in [7, 11) is -2.78. The molecule has 1 aromatic rings. The van der Waals surface area contributed by atoms with E-state index in [-0.39, 0.29) is 0 Å². The third-order valence-electron chi connectivity index (χ3n) is 3.43. The van der Waals surface area contributed by atoms with Crippen molar-refractivity contribution in [1.82, 2.24) is 4.31 Å². The van der Waals surface area contributed by atoms with Crippen LogP contribution in [-0.2, 0) is 24.3 Å². The lowest BCUT2D eigenvalue weighted by atomic mass is 10.1. The van der Waals surface area contributed by atoms with E-state index in [9.17, 15) is 18.0 Å². The summed E-state index contributed by atoms with van der Waals surface area (Å²) in [5.41, 5.74) is 0.551. The fourth-order valence-electron chi connectivity index (χ4n) is 2.46. The number of nitrogens with zero attached hydrogens (tertiary/aromatic N) is 1. The van der Waals surface area contributed by atoms with Crippen molar-refractivity contribution < 1.29 is 22.7 Å². The van der Waals surface area contributed by atoms with Crippen molar-refractivity contribution in [3.63, 3.8) is 0 Å². The number of esters is 1. The van der Waals surface area contributed by atoms with Crippen LogP contribution in [0.15, 0.2) is 23.1 Å². The van der Waals surface area contributed by atoms with Crippen LogP contribution >= 0.6 is 23.4 Å². The van der Waals surface area contributed by atoms with Gasteiger partial charge in [-0.3, -0.25) is 9.59 Å². The fourth-order valence-corrected chi connectivity index (χ4v) is 6.60. The Morgan fingerprint density at radius 2 is 2.19 bits per heavy atom. The van der Waals surface area contributed by atoms with Gasteiger partial charge in [0, 0.05) is 9.92 Å². The minimum Gasteiger partial charge on any atom is -0.468 e. The molecule has 112 valence electrons. The van der Waals surface area contributed by atoms with Gasteiger partial charge < -0.3 is 4.74 Å². The third kappa shape index (κ3) is 2.13. The van der Waals surface area contributed by atoms with E-state index in [1.807, 2.05) is 0 Å². The van der Waals surface area contributed by atoms with Gasteiger partial charge in [0.05, 0.1) is 7.11 Å². The molecule has 2 aliphatic rings. The van der Waals surface area contributed by atoms with Gasteiger partial charge in [-0.15, -0.1) is 11.8 Å². The third-order valence-corrected chi connectivity index (χ3v) is 7.26. The van der Waals surface area contributed by atoms with E-state index >= 15 is 0 Å². The number of methoxy groups -OCH3 is 1. The second-order valence-corrected chi connectivity index (χ2v) is 8.21. The molecule has 9 heteroatoms. The van der Waals surface area contributed by atoms with Gasteiger partial charge in [0.15, 0.2) is 0 Å². The number of carbonyl (C=O) groups is 2. The molecule has 1 fully saturated rings. The molecule has 0 aromatic heterocycles. The molecule has 2 unspecified atom stereocenters. The van der Waals surface area contributed by atoms with Gasteiger partial charge in [-0.2, -0.15) is 0 Å². The molecule has 0 spiro atoms. The second kappa shape index (κ2) is 4.89. The van der Waals surface area contributed by atoms with Crippen LogP contribution in [0.1, 0.15) is 10.8 Å². The number of benzene rings is 1. The van der Waals surface area contributed by atoms with Crippen molar-refractivity contribution in [2.24, 2.45) is 0 Å². The summed E-state index contributed by atoms with van der Waals surface area (Å²) in [6.45, 7) is -0.589. The molecule has 0 N–H and O–H groups in total. The molecule has 0 bridgehead atoms. The van der Waals surface area contributed by atoms with Crippen molar-refractivity contribution in [3.8, 4) is 0 Å². The van der Waals surface area contributed by atoms with Crippen LogP contribution in [0.5, 0.6) is 0 Å². The Balaban J connectivity index is 2.04. The number of thioether (sulfide) groups is 1. The average Bonchev–Trinajstić information content (AvgIpc) is 2.89. The smallest absolute Gasteiger partial charge is 0.326 e. The van der Waals surface area contributed by atoms with Crippen molar-refractivity contribution >= 4 is 45.3 Å². The van der Waals surface area contributed by atoms with Crippen molar-refractivity contribution in [1.29, 1.82) is 0 Å². The Bertz CT molecular complexity index is 748. The minimum absolute atomic E-state index is 0.484. The molecule has 3 rings (SSSR count). The zero-order chi connectivity index (χ0) is 15.4. The molecule has 2 aliphatic heterocycles. The molecule has 0 saturated carbocycles. The van der Waals surface area contributed by atoms with Gasteiger partial charge in [0.1, 0.15) is 17.0 Å². The van der Waals surface area contributed by atoms with Gasteiger partial charge >= 0.3 is 5.97 Å². The van der Waals surface area contributed by atoms with E-state index < -0.39 is 38.9 Å². The molecule has 2 atom stereocenters. The minimum atomic E-state index is -3.93. The zero-order valence-electron chi connectivity index (χ0n) is 10.8. The summed E-state index contributed by atoms with van der Waals surface area (Å²) < 4.78 is 30.1. The first-order chi connectivity index (χ1) is 9.86. The Labute approximate surface area is 130 Å². The highest BCUT2D eigenvalue weighted by Crippen LogP contribution is 2.53. The number of fused-ring (bicyclic) bond motifs is 3. The summed E-state index contributed by atoms with van der Waals surface area (Å²) in [6, 6.07) is 4.85. The number of amides is 1. The molecule has 1 amide bonds. The maximum atomic E-state index is 12.5. The van der Waals surface area contributed by atoms with Gasteiger partial charge in [0.2, 0.25) is 10.0 Å². The van der Waals surface area contributed by atoms with E-state index in [1.54, 1.807) is 18.2 Å². The van der Waals surface area contributed by atoms with Crippen molar-refractivity contribution in [2.45, 2.75) is 15.4 Å². The molecule has 0 aliphatic carbocycles. The Morgan fingerprint density at radius 3 is 2.86 bits per heavy atom. The largest absolute Gasteiger partial charge is 0.468 e. The predicted molar refractivity (Wildman–Crippen MR) is 76.5 cm³/mol. The first-order valence-electron chi connectivity index (χ1n) is 5.94. The highest BCUT2D eigenvalue weighted by molar-refractivity contribution is 8.03. The highest BCUT2D eigenvalue weighted by atomic mass is 35.5. The average molecular weight is 348 g/mol. The van der Waals surface area contributed by atoms with Crippen LogP contribution in [0.2, 0.25) is 5.02 Å². The van der Waals surface area contributed by atoms with Crippen LogP contribution in [0.3, 0.4) is 0 Å². The first-order valence-corrected chi connectivity index (χ1v) is 8.70. The maximum absolute atomic E-state index is 12.5. The number of carbonyl (C=O) groups excluding carboxylic acids is 2. The number of hydrogen-bond acceptors (Lipinski definition) is 6. The van der Waals surface area contributed by atoms with E-state index in [0.717, 1.165) is 18.9 Å². The summed E-state index contributed by atoms with van der Waals surface area (Å²) in [4.78, 5) is 24.3.